The van der Waals surface area contributed by atoms with Gasteiger partial charge in [-0.2, -0.15) is 5.10 Å². The van der Waals surface area contributed by atoms with E-state index in [0.717, 1.165) is 30.5 Å². The predicted molar refractivity (Wildman–Crippen MR) is 48.2 cm³/mol. The van der Waals surface area contributed by atoms with E-state index in [0.29, 0.717) is 5.88 Å². The summed E-state index contributed by atoms with van der Waals surface area (Å²) in [5.74, 6) is 0.328. The predicted octanol–water partition coefficient (Wildman–Crippen LogP) is 1.64. The molecule has 1 aromatic heterocycles. The third kappa shape index (κ3) is 1.44. The third-order valence-electron chi connectivity index (χ3n) is 2.03. The molecule has 0 aliphatic carbocycles. The van der Waals surface area contributed by atoms with Crippen LogP contribution in [-0.4, -0.2) is 14.9 Å². The van der Waals surface area contributed by atoms with Crippen molar-refractivity contribution in [2.75, 3.05) is 0 Å². The standard InChI is InChI=1S/C9H16N2O/c1-4-6-7-8(5-2)10-11(3)9(7)12/h12H,4-6H2,1-3H3. The molecule has 0 aliphatic heterocycles. The Morgan fingerprint density at radius 1 is 1.42 bits per heavy atom. The van der Waals surface area contributed by atoms with E-state index in [-0.39, 0.29) is 0 Å². The molecular formula is C9H16N2O. The van der Waals surface area contributed by atoms with Gasteiger partial charge in [0.15, 0.2) is 0 Å². The van der Waals surface area contributed by atoms with Gasteiger partial charge in [-0.1, -0.05) is 20.3 Å². The van der Waals surface area contributed by atoms with Crippen LogP contribution in [0, 0.1) is 0 Å². The molecule has 0 fully saturated rings. The molecule has 3 nitrogen and oxygen atoms in total. The van der Waals surface area contributed by atoms with Crippen molar-refractivity contribution in [2.24, 2.45) is 7.05 Å². The molecule has 1 aromatic rings. The Hall–Kier alpha value is -0.990. The molecule has 0 radical (unpaired) electrons. The lowest BCUT2D eigenvalue weighted by Gasteiger charge is -1.97. The van der Waals surface area contributed by atoms with Crippen LogP contribution in [0.5, 0.6) is 5.88 Å². The highest BCUT2D eigenvalue weighted by Crippen LogP contribution is 2.21. The van der Waals surface area contributed by atoms with E-state index >= 15 is 0 Å². The average Bonchev–Trinajstić information content (AvgIpc) is 2.33. The van der Waals surface area contributed by atoms with Crippen molar-refractivity contribution in [1.82, 2.24) is 9.78 Å². The minimum Gasteiger partial charge on any atom is -0.493 e. The Morgan fingerprint density at radius 3 is 2.58 bits per heavy atom. The Labute approximate surface area is 73.0 Å². The Bertz CT molecular complexity index is 266. The number of hydrogen-bond acceptors (Lipinski definition) is 2. The van der Waals surface area contributed by atoms with E-state index in [1.165, 1.54) is 0 Å². The fourth-order valence-electron chi connectivity index (χ4n) is 1.40. The molecule has 0 atom stereocenters. The lowest BCUT2D eigenvalue weighted by atomic mass is 10.1. The molecule has 1 heterocycles. The number of nitrogens with zero attached hydrogens (tertiary/aromatic N) is 2. The first-order valence-corrected chi connectivity index (χ1v) is 4.44. The van der Waals surface area contributed by atoms with Crippen LogP contribution in [0.2, 0.25) is 0 Å². The SMILES string of the molecule is CCCc1c(CC)nn(C)c1O. The van der Waals surface area contributed by atoms with Gasteiger partial charge in [-0.15, -0.1) is 0 Å². The summed E-state index contributed by atoms with van der Waals surface area (Å²) in [5, 5.41) is 13.8. The monoisotopic (exact) mass is 168 g/mol. The average molecular weight is 168 g/mol. The molecule has 0 bridgehead atoms. The largest absolute Gasteiger partial charge is 0.493 e. The summed E-state index contributed by atoms with van der Waals surface area (Å²) >= 11 is 0. The van der Waals surface area contributed by atoms with E-state index in [2.05, 4.69) is 18.9 Å². The van der Waals surface area contributed by atoms with Gasteiger partial charge >= 0.3 is 0 Å². The topological polar surface area (TPSA) is 38.0 Å². The molecule has 0 saturated carbocycles. The summed E-state index contributed by atoms with van der Waals surface area (Å²) in [5.41, 5.74) is 2.04. The van der Waals surface area contributed by atoms with Gasteiger partial charge in [0, 0.05) is 12.6 Å². The third-order valence-corrected chi connectivity index (χ3v) is 2.03. The number of rotatable bonds is 3. The van der Waals surface area contributed by atoms with Gasteiger partial charge in [0.1, 0.15) is 0 Å². The first kappa shape index (κ1) is 9.10. The van der Waals surface area contributed by atoms with Crippen molar-refractivity contribution in [1.29, 1.82) is 0 Å². The summed E-state index contributed by atoms with van der Waals surface area (Å²) < 4.78 is 1.55. The molecule has 1 N–H and O–H groups in total. The maximum atomic E-state index is 9.58. The van der Waals surface area contributed by atoms with Crippen LogP contribution in [0.25, 0.3) is 0 Å². The summed E-state index contributed by atoms with van der Waals surface area (Å²) in [6.45, 7) is 4.16. The zero-order valence-corrected chi connectivity index (χ0v) is 7.96. The molecule has 12 heavy (non-hydrogen) atoms. The van der Waals surface area contributed by atoms with Gasteiger partial charge in [-0.25, -0.2) is 4.68 Å². The number of aryl methyl sites for hydroxylation is 2. The molecular weight excluding hydrogens is 152 g/mol. The summed E-state index contributed by atoms with van der Waals surface area (Å²) in [4.78, 5) is 0. The van der Waals surface area contributed by atoms with Crippen LogP contribution >= 0.6 is 0 Å². The molecule has 1 rings (SSSR count). The van der Waals surface area contributed by atoms with Crippen LogP contribution in [0.1, 0.15) is 31.5 Å². The Kier molecular flexibility index (Phi) is 2.74. The second-order valence-electron chi connectivity index (χ2n) is 2.98. The molecule has 0 spiro atoms. The summed E-state index contributed by atoms with van der Waals surface area (Å²) in [6.07, 6.45) is 2.86. The minimum atomic E-state index is 0.328. The van der Waals surface area contributed by atoms with E-state index in [1.807, 2.05) is 0 Å². The zero-order valence-electron chi connectivity index (χ0n) is 7.96. The van der Waals surface area contributed by atoms with E-state index in [4.69, 9.17) is 0 Å². The Morgan fingerprint density at radius 2 is 2.08 bits per heavy atom. The number of hydrogen-bond donors (Lipinski definition) is 1. The van der Waals surface area contributed by atoms with Gasteiger partial charge in [0.2, 0.25) is 5.88 Å². The maximum absolute atomic E-state index is 9.58. The fraction of sp³-hybridized carbons (Fsp3) is 0.667. The van der Waals surface area contributed by atoms with E-state index in [1.54, 1.807) is 11.7 Å². The van der Waals surface area contributed by atoms with Gasteiger partial charge in [-0.3, -0.25) is 0 Å². The molecule has 3 heteroatoms. The van der Waals surface area contributed by atoms with Gasteiger partial charge in [0.05, 0.1) is 5.69 Å². The van der Waals surface area contributed by atoms with Gasteiger partial charge < -0.3 is 5.11 Å². The first-order valence-electron chi connectivity index (χ1n) is 4.44. The van der Waals surface area contributed by atoms with Crippen molar-refractivity contribution >= 4 is 0 Å². The molecule has 68 valence electrons. The zero-order chi connectivity index (χ0) is 9.14. The van der Waals surface area contributed by atoms with Crippen molar-refractivity contribution in [3.63, 3.8) is 0 Å². The number of aromatic hydroxyl groups is 1. The summed E-state index contributed by atoms with van der Waals surface area (Å²) in [7, 11) is 1.77. The molecule has 0 saturated heterocycles. The van der Waals surface area contributed by atoms with Gasteiger partial charge in [0.25, 0.3) is 0 Å². The summed E-state index contributed by atoms with van der Waals surface area (Å²) in [6, 6.07) is 0. The normalized spacial score (nSPS) is 10.6. The van der Waals surface area contributed by atoms with Crippen LogP contribution < -0.4 is 0 Å². The van der Waals surface area contributed by atoms with Crippen molar-refractivity contribution in [2.45, 2.75) is 33.1 Å². The highest BCUT2D eigenvalue weighted by molar-refractivity contribution is 5.30. The first-order chi connectivity index (χ1) is 5.70. The van der Waals surface area contributed by atoms with Crippen LogP contribution in [0.4, 0.5) is 0 Å². The van der Waals surface area contributed by atoms with Crippen LogP contribution in [0.15, 0.2) is 0 Å². The fourth-order valence-corrected chi connectivity index (χ4v) is 1.40. The lowest BCUT2D eigenvalue weighted by molar-refractivity contribution is 0.413. The highest BCUT2D eigenvalue weighted by Gasteiger charge is 2.11. The second kappa shape index (κ2) is 3.61. The molecule has 0 aliphatic rings. The van der Waals surface area contributed by atoms with Gasteiger partial charge in [-0.05, 0) is 12.8 Å². The maximum Gasteiger partial charge on any atom is 0.212 e. The highest BCUT2D eigenvalue weighted by atomic mass is 16.3. The van der Waals surface area contributed by atoms with Crippen LogP contribution in [0.3, 0.4) is 0 Å². The second-order valence-corrected chi connectivity index (χ2v) is 2.98. The number of aromatic nitrogens is 2. The van der Waals surface area contributed by atoms with E-state index < -0.39 is 0 Å². The van der Waals surface area contributed by atoms with Crippen molar-refractivity contribution in [3.8, 4) is 5.88 Å². The quantitative estimate of drug-likeness (QED) is 0.745. The van der Waals surface area contributed by atoms with E-state index in [9.17, 15) is 5.11 Å². The van der Waals surface area contributed by atoms with Crippen molar-refractivity contribution in [3.05, 3.63) is 11.3 Å². The minimum absolute atomic E-state index is 0.328. The van der Waals surface area contributed by atoms with Crippen molar-refractivity contribution < 1.29 is 5.11 Å². The van der Waals surface area contributed by atoms with Crippen LogP contribution in [-0.2, 0) is 19.9 Å². The lowest BCUT2D eigenvalue weighted by Crippen LogP contribution is -1.90. The molecule has 0 amide bonds. The molecule has 0 aromatic carbocycles. The molecule has 0 unspecified atom stereocenters. The Balaban J connectivity index is 3.03. The smallest absolute Gasteiger partial charge is 0.212 e.